The van der Waals surface area contributed by atoms with Crippen LogP contribution in [0.3, 0.4) is 0 Å². The second-order valence-corrected chi connectivity index (χ2v) is 8.40. The Morgan fingerprint density at radius 2 is 1.03 bits per heavy atom. The summed E-state index contributed by atoms with van der Waals surface area (Å²) in [4.78, 5) is 0. The van der Waals surface area contributed by atoms with Gasteiger partial charge in [0.1, 0.15) is 23.3 Å². The van der Waals surface area contributed by atoms with Crippen LogP contribution in [0.1, 0.15) is 24.0 Å². The number of hydrogen-bond donors (Lipinski definition) is 2. The van der Waals surface area contributed by atoms with Gasteiger partial charge >= 0.3 is 0 Å². The van der Waals surface area contributed by atoms with Gasteiger partial charge in [-0.15, -0.1) is 10.2 Å². The third kappa shape index (κ3) is 4.05. The van der Waals surface area contributed by atoms with Crippen molar-refractivity contribution in [3.63, 3.8) is 0 Å². The Bertz CT molecular complexity index is 1230. The van der Waals surface area contributed by atoms with Crippen molar-refractivity contribution in [2.75, 3.05) is 26.2 Å². The molecule has 2 aromatic carbocycles. The van der Waals surface area contributed by atoms with Crippen LogP contribution in [0.15, 0.2) is 36.4 Å². The molecule has 9 heteroatoms. The van der Waals surface area contributed by atoms with E-state index in [-0.39, 0.29) is 33.9 Å². The minimum Gasteiger partial charge on any atom is -0.313 e. The molecule has 176 valence electrons. The van der Waals surface area contributed by atoms with Crippen LogP contribution in [-0.4, -0.2) is 40.9 Å². The number of aromatic nitrogens is 3. The van der Waals surface area contributed by atoms with E-state index in [2.05, 4.69) is 20.8 Å². The van der Waals surface area contributed by atoms with Gasteiger partial charge < -0.3 is 15.2 Å². The van der Waals surface area contributed by atoms with Gasteiger partial charge in [-0.2, -0.15) is 0 Å². The fourth-order valence-electron chi connectivity index (χ4n) is 4.46. The fourth-order valence-corrected chi connectivity index (χ4v) is 4.46. The zero-order valence-corrected chi connectivity index (χ0v) is 18.6. The van der Waals surface area contributed by atoms with Crippen LogP contribution in [0.4, 0.5) is 17.6 Å². The van der Waals surface area contributed by atoms with E-state index in [1.165, 1.54) is 11.6 Å². The second kappa shape index (κ2) is 9.15. The van der Waals surface area contributed by atoms with Gasteiger partial charge in [-0.05, 0) is 61.3 Å². The van der Waals surface area contributed by atoms with Gasteiger partial charge in [-0.1, -0.05) is 12.2 Å². The van der Waals surface area contributed by atoms with E-state index in [4.69, 9.17) is 0 Å². The quantitative estimate of drug-likeness (QED) is 0.554. The number of rotatable bonds is 4. The summed E-state index contributed by atoms with van der Waals surface area (Å²) in [6.07, 6.45) is 4.86. The summed E-state index contributed by atoms with van der Waals surface area (Å²) in [7, 11) is 1.51. The molecule has 34 heavy (non-hydrogen) atoms. The molecule has 0 unspecified atom stereocenters. The van der Waals surface area contributed by atoms with E-state index in [0.717, 1.165) is 35.4 Å². The molecule has 5 nitrogen and oxygen atoms in total. The maximum atomic E-state index is 15.0. The summed E-state index contributed by atoms with van der Waals surface area (Å²) >= 11 is 0. The molecule has 0 fully saturated rings. The molecule has 2 aliphatic heterocycles. The lowest BCUT2D eigenvalue weighted by molar-refractivity contribution is 0.595. The third-order valence-corrected chi connectivity index (χ3v) is 6.29. The minimum absolute atomic E-state index is 0.0159. The Hall–Kier alpha value is -3.30. The molecular weight excluding hydrogens is 446 g/mol. The molecule has 2 aliphatic rings. The number of hydrogen-bond acceptors (Lipinski definition) is 4. The third-order valence-electron chi connectivity index (χ3n) is 6.29. The van der Waals surface area contributed by atoms with Gasteiger partial charge in [-0.25, -0.2) is 17.6 Å². The molecule has 0 atom stereocenters. The highest BCUT2D eigenvalue weighted by atomic mass is 19.1. The van der Waals surface area contributed by atoms with Crippen LogP contribution in [-0.2, 0) is 7.05 Å². The van der Waals surface area contributed by atoms with E-state index >= 15 is 8.78 Å². The lowest BCUT2D eigenvalue weighted by Gasteiger charge is -2.16. The van der Waals surface area contributed by atoms with E-state index < -0.39 is 23.3 Å². The van der Waals surface area contributed by atoms with Crippen molar-refractivity contribution in [2.45, 2.75) is 12.8 Å². The van der Waals surface area contributed by atoms with Gasteiger partial charge in [0.2, 0.25) is 0 Å². The minimum atomic E-state index is -0.669. The molecule has 3 heterocycles. The predicted octanol–water partition coefficient (Wildman–Crippen LogP) is 4.46. The fraction of sp³-hybridized carbons (Fsp3) is 0.280. The Kier molecular flexibility index (Phi) is 6.05. The number of nitrogens with one attached hydrogen (secondary N) is 2. The molecule has 0 saturated carbocycles. The van der Waals surface area contributed by atoms with Crippen LogP contribution in [0.2, 0.25) is 0 Å². The van der Waals surface area contributed by atoms with Gasteiger partial charge in [0.15, 0.2) is 11.6 Å². The van der Waals surface area contributed by atoms with Crippen molar-refractivity contribution in [3.8, 4) is 22.8 Å². The Balaban J connectivity index is 1.52. The average Bonchev–Trinajstić information content (AvgIpc) is 3.23. The summed E-state index contributed by atoms with van der Waals surface area (Å²) in [6.45, 7) is 2.58. The van der Waals surface area contributed by atoms with E-state index in [0.29, 0.717) is 39.0 Å². The summed E-state index contributed by atoms with van der Waals surface area (Å²) in [5.41, 5.74) is 1.69. The number of nitrogens with zero attached hydrogens (tertiary/aromatic N) is 3. The molecule has 0 amide bonds. The molecule has 3 aromatic rings. The Morgan fingerprint density at radius 1 is 0.647 bits per heavy atom. The molecule has 0 radical (unpaired) electrons. The van der Waals surface area contributed by atoms with Crippen LogP contribution >= 0.6 is 0 Å². The van der Waals surface area contributed by atoms with Crippen molar-refractivity contribution in [3.05, 3.63) is 70.8 Å². The Morgan fingerprint density at radius 3 is 1.41 bits per heavy atom. The van der Waals surface area contributed by atoms with Crippen molar-refractivity contribution in [1.29, 1.82) is 0 Å². The molecular formula is C25H23F4N5. The first-order chi connectivity index (χ1) is 16.4. The van der Waals surface area contributed by atoms with Gasteiger partial charge in [0.25, 0.3) is 0 Å². The van der Waals surface area contributed by atoms with Gasteiger partial charge in [-0.3, -0.25) is 0 Å². The summed E-state index contributed by atoms with van der Waals surface area (Å²) < 4.78 is 61.2. The zero-order valence-electron chi connectivity index (χ0n) is 18.6. The predicted molar refractivity (Wildman–Crippen MR) is 123 cm³/mol. The van der Waals surface area contributed by atoms with Crippen molar-refractivity contribution < 1.29 is 17.6 Å². The maximum absolute atomic E-state index is 15.0. The molecule has 0 aliphatic carbocycles. The van der Waals surface area contributed by atoms with E-state index in [1.54, 1.807) is 0 Å². The summed E-state index contributed by atoms with van der Waals surface area (Å²) in [6, 6.07) is 4.45. The van der Waals surface area contributed by atoms with Crippen molar-refractivity contribution in [1.82, 2.24) is 25.4 Å². The van der Waals surface area contributed by atoms with Crippen LogP contribution in [0.5, 0.6) is 0 Å². The summed E-state index contributed by atoms with van der Waals surface area (Å²) in [5, 5.41) is 14.2. The van der Waals surface area contributed by atoms with Crippen LogP contribution in [0.25, 0.3) is 33.9 Å². The van der Waals surface area contributed by atoms with Crippen molar-refractivity contribution in [2.24, 2.45) is 7.05 Å². The molecule has 0 bridgehead atoms. The first-order valence-corrected chi connectivity index (χ1v) is 11.1. The van der Waals surface area contributed by atoms with Crippen molar-refractivity contribution >= 4 is 11.1 Å². The normalized spacial score (nSPS) is 16.4. The lowest BCUT2D eigenvalue weighted by Crippen LogP contribution is -2.20. The van der Waals surface area contributed by atoms with Crippen LogP contribution < -0.4 is 10.6 Å². The number of benzene rings is 2. The van der Waals surface area contributed by atoms with E-state index in [1.807, 2.05) is 12.2 Å². The molecule has 1 aromatic heterocycles. The number of halogens is 4. The highest BCUT2D eigenvalue weighted by Gasteiger charge is 2.23. The van der Waals surface area contributed by atoms with E-state index in [9.17, 15) is 8.78 Å². The first-order valence-electron chi connectivity index (χ1n) is 11.1. The standard InChI is InChI=1S/C25H23F4N5/c1-34-24(18-12-20(26)16(10-22(18)28)14-2-6-30-7-3-14)32-33-25(34)19-13-21(27)17(11-23(19)29)15-4-8-31-9-5-15/h2,4,10-13,30-31H,3,5-9H2,1H3. The monoisotopic (exact) mass is 469 g/mol. The highest BCUT2D eigenvalue weighted by Crippen LogP contribution is 2.33. The molecule has 0 spiro atoms. The molecule has 0 saturated heterocycles. The summed E-state index contributed by atoms with van der Waals surface area (Å²) in [5.74, 6) is -2.46. The lowest BCUT2D eigenvalue weighted by atomic mass is 9.97. The highest BCUT2D eigenvalue weighted by molar-refractivity contribution is 5.73. The Labute approximate surface area is 194 Å². The SMILES string of the molecule is Cn1c(-c2cc(F)c(C3=CCNCC3)cc2F)nnc1-c1cc(F)c(C2=CCNCC2)cc1F. The second-order valence-electron chi connectivity index (χ2n) is 8.40. The average molecular weight is 469 g/mol. The topological polar surface area (TPSA) is 54.8 Å². The smallest absolute Gasteiger partial charge is 0.167 e. The maximum Gasteiger partial charge on any atom is 0.167 e. The molecule has 5 rings (SSSR count). The largest absolute Gasteiger partial charge is 0.313 e. The zero-order chi connectivity index (χ0) is 23.8. The van der Waals surface area contributed by atoms with Gasteiger partial charge in [0.05, 0.1) is 11.1 Å². The van der Waals surface area contributed by atoms with Crippen LogP contribution in [0, 0.1) is 23.3 Å². The van der Waals surface area contributed by atoms with Gasteiger partial charge in [0, 0.05) is 31.3 Å². The first kappa shape index (κ1) is 22.5. The molecule has 2 N–H and O–H groups in total.